The molecule has 0 aromatic heterocycles. The Morgan fingerprint density at radius 3 is 2.23 bits per heavy atom. The van der Waals surface area contributed by atoms with E-state index in [2.05, 4.69) is 6.92 Å². The number of rotatable bonds is 5. The molecule has 6 heteroatoms. The lowest BCUT2D eigenvalue weighted by molar-refractivity contribution is -0.132. The summed E-state index contributed by atoms with van der Waals surface area (Å²) in [5.74, 6) is 0.801. The van der Waals surface area contributed by atoms with E-state index < -0.39 is 10.0 Å². The van der Waals surface area contributed by atoms with E-state index in [4.69, 9.17) is 0 Å². The summed E-state index contributed by atoms with van der Waals surface area (Å²) in [4.78, 5) is 14.2. The Morgan fingerprint density at radius 2 is 1.68 bits per heavy atom. The summed E-state index contributed by atoms with van der Waals surface area (Å²) in [6, 6.07) is 0.0953. The Hall–Kier alpha value is -0.620. The molecule has 5 nitrogen and oxygen atoms in total. The average Bonchev–Trinajstić information content (AvgIpc) is 2.47. The maximum Gasteiger partial charge on any atom is 0.223 e. The maximum absolute atomic E-state index is 12.3. The average molecular weight is 330 g/mol. The number of piperidine rings is 1. The molecule has 1 saturated heterocycles. The van der Waals surface area contributed by atoms with E-state index in [9.17, 15) is 13.2 Å². The predicted molar refractivity (Wildman–Crippen MR) is 88.0 cm³/mol. The minimum atomic E-state index is -3.24. The second-order valence-electron chi connectivity index (χ2n) is 6.98. The number of carbonyl (C=O) groups excluding carboxylic acids is 1. The highest BCUT2D eigenvalue weighted by Crippen LogP contribution is 2.25. The number of amides is 1. The molecule has 0 aromatic rings. The first kappa shape index (κ1) is 17.7. The number of hydrogen-bond acceptors (Lipinski definition) is 3. The van der Waals surface area contributed by atoms with Crippen LogP contribution in [0.5, 0.6) is 0 Å². The number of nitrogens with zero attached hydrogens (tertiary/aromatic N) is 2. The summed E-state index contributed by atoms with van der Waals surface area (Å²) in [5, 5.41) is 0. The molecule has 0 radical (unpaired) electrons. The number of carbonyl (C=O) groups is 1. The summed E-state index contributed by atoms with van der Waals surface area (Å²) >= 11 is 0. The normalized spacial score (nSPS) is 22.2. The molecule has 2 rings (SSSR count). The van der Waals surface area contributed by atoms with Gasteiger partial charge in [-0.1, -0.05) is 26.2 Å². The lowest BCUT2D eigenvalue weighted by Gasteiger charge is -2.34. The summed E-state index contributed by atoms with van der Waals surface area (Å²) in [6.45, 7) is 4.20. The first-order valence-corrected chi connectivity index (χ1v) is 10.5. The van der Waals surface area contributed by atoms with Crippen LogP contribution in [-0.2, 0) is 14.8 Å². The zero-order valence-corrected chi connectivity index (χ0v) is 14.8. The van der Waals surface area contributed by atoms with Crippen LogP contribution in [0.1, 0.15) is 58.3 Å². The highest BCUT2D eigenvalue weighted by Gasteiger charge is 2.29. The second-order valence-corrected chi connectivity index (χ2v) is 8.91. The van der Waals surface area contributed by atoms with Crippen LogP contribution in [0.25, 0.3) is 0 Å². The molecule has 22 heavy (non-hydrogen) atoms. The third kappa shape index (κ3) is 4.95. The van der Waals surface area contributed by atoms with Gasteiger partial charge in [-0.25, -0.2) is 8.42 Å². The number of hydrogen-bond donors (Lipinski definition) is 0. The summed E-state index contributed by atoms with van der Waals surface area (Å²) in [6.07, 6.45) is 8.95. The molecule has 1 aliphatic heterocycles. The Bertz CT molecular complexity index is 464. The van der Waals surface area contributed by atoms with Crippen LogP contribution in [0, 0.1) is 5.92 Å². The van der Waals surface area contributed by atoms with Gasteiger partial charge in [-0.15, -0.1) is 0 Å². The van der Waals surface area contributed by atoms with Crippen molar-refractivity contribution in [2.24, 2.45) is 5.92 Å². The van der Waals surface area contributed by atoms with Gasteiger partial charge in [0.15, 0.2) is 0 Å². The van der Waals surface area contributed by atoms with E-state index >= 15 is 0 Å². The van der Waals surface area contributed by atoms with Crippen molar-refractivity contribution in [2.45, 2.75) is 64.3 Å². The van der Waals surface area contributed by atoms with Crippen LogP contribution in [0.3, 0.4) is 0 Å². The monoisotopic (exact) mass is 330 g/mol. The molecule has 1 saturated carbocycles. The summed E-state index contributed by atoms with van der Waals surface area (Å²) < 4.78 is 25.7. The second kappa shape index (κ2) is 7.77. The van der Waals surface area contributed by atoms with Gasteiger partial charge in [-0.3, -0.25) is 4.79 Å². The number of likely N-dealkylation sites (tertiary alicyclic amines) is 1. The highest BCUT2D eigenvalue weighted by molar-refractivity contribution is 7.88. The molecule has 1 heterocycles. The van der Waals surface area contributed by atoms with Crippen molar-refractivity contribution in [1.29, 1.82) is 0 Å². The maximum atomic E-state index is 12.3. The molecule has 0 atom stereocenters. The third-order valence-electron chi connectivity index (χ3n) is 5.09. The van der Waals surface area contributed by atoms with Gasteiger partial charge < -0.3 is 4.90 Å². The lowest BCUT2D eigenvalue weighted by Crippen LogP contribution is -2.44. The van der Waals surface area contributed by atoms with Crippen molar-refractivity contribution in [3.05, 3.63) is 0 Å². The van der Waals surface area contributed by atoms with Crippen LogP contribution in [0.15, 0.2) is 0 Å². The van der Waals surface area contributed by atoms with Crippen molar-refractivity contribution >= 4 is 15.9 Å². The van der Waals surface area contributed by atoms with Gasteiger partial charge in [0.05, 0.1) is 6.26 Å². The van der Waals surface area contributed by atoms with Crippen molar-refractivity contribution in [2.75, 3.05) is 25.9 Å². The minimum Gasteiger partial charge on any atom is -0.343 e. The molecular formula is C16H30N2O3S. The first-order chi connectivity index (χ1) is 10.4. The molecule has 0 aromatic carbocycles. The largest absolute Gasteiger partial charge is 0.343 e. The van der Waals surface area contributed by atoms with E-state index in [1.807, 2.05) is 4.90 Å². The van der Waals surface area contributed by atoms with Gasteiger partial charge >= 0.3 is 0 Å². The van der Waals surface area contributed by atoms with Crippen molar-refractivity contribution in [3.8, 4) is 0 Å². The summed E-state index contributed by atoms with van der Waals surface area (Å²) in [5.41, 5.74) is 0. The smallest absolute Gasteiger partial charge is 0.223 e. The summed E-state index contributed by atoms with van der Waals surface area (Å²) in [7, 11) is -3.24. The molecule has 0 bridgehead atoms. The molecule has 0 N–H and O–H groups in total. The fraction of sp³-hybridized carbons (Fsp3) is 0.938. The van der Waals surface area contributed by atoms with Gasteiger partial charge in [0.1, 0.15) is 0 Å². The van der Waals surface area contributed by atoms with E-state index in [-0.39, 0.29) is 11.9 Å². The van der Waals surface area contributed by atoms with E-state index in [1.165, 1.54) is 12.7 Å². The minimum absolute atomic E-state index is 0.0953. The standard InChI is InChI=1S/C16H30N2O3S/c1-14-8-11-17(12-9-14)16(19)10-13-18(22(2,20)21)15-6-4-3-5-7-15/h14-15H,3-13H2,1-2H3. The molecule has 2 aliphatic rings. The van der Waals surface area contributed by atoms with E-state index in [0.29, 0.717) is 18.9 Å². The van der Waals surface area contributed by atoms with Gasteiger partial charge in [-0.05, 0) is 31.6 Å². The molecule has 2 fully saturated rings. The van der Waals surface area contributed by atoms with Gasteiger partial charge in [0.2, 0.25) is 15.9 Å². The topological polar surface area (TPSA) is 57.7 Å². The Labute approximate surface area is 135 Å². The zero-order chi connectivity index (χ0) is 16.2. The fourth-order valence-corrected chi connectivity index (χ4v) is 4.79. The fourth-order valence-electron chi connectivity index (χ4n) is 3.61. The Morgan fingerprint density at radius 1 is 1.09 bits per heavy atom. The molecular weight excluding hydrogens is 300 g/mol. The van der Waals surface area contributed by atoms with Gasteiger partial charge in [-0.2, -0.15) is 4.31 Å². The van der Waals surface area contributed by atoms with Crippen LogP contribution in [0.4, 0.5) is 0 Å². The van der Waals surface area contributed by atoms with Crippen LogP contribution in [0.2, 0.25) is 0 Å². The third-order valence-corrected chi connectivity index (χ3v) is 6.42. The quantitative estimate of drug-likeness (QED) is 0.777. The van der Waals surface area contributed by atoms with Gasteiger partial charge in [0, 0.05) is 32.1 Å². The van der Waals surface area contributed by atoms with Crippen LogP contribution in [-0.4, -0.2) is 55.5 Å². The van der Waals surface area contributed by atoms with Crippen LogP contribution < -0.4 is 0 Å². The predicted octanol–water partition coefficient (Wildman–Crippen LogP) is 2.23. The van der Waals surface area contributed by atoms with Crippen molar-refractivity contribution < 1.29 is 13.2 Å². The number of sulfonamides is 1. The van der Waals surface area contributed by atoms with Crippen molar-refractivity contribution in [1.82, 2.24) is 9.21 Å². The van der Waals surface area contributed by atoms with Gasteiger partial charge in [0.25, 0.3) is 0 Å². The van der Waals surface area contributed by atoms with Crippen molar-refractivity contribution in [3.63, 3.8) is 0 Å². The Balaban J connectivity index is 1.89. The van der Waals surface area contributed by atoms with Crippen LogP contribution >= 0.6 is 0 Å². The van der Waals surface area contributed by atoms with E-state index in [1.54, 1.807) is 4.31 Å². The first-order valence-electron chi connectivity index (χ1n) is 8.62. The zero-order valence-electron chi connectivity index (χ0n) is 14.0. The SMILES string of the molecule is CC1CCN(C(=O)CCN(C2CCCCC2)S(C)(=O)=O)CC1. The highest BCUT2D eigenvalue weighted by atomic mass is 32.2. The molecule has 1 aliphatic carbocycles. The lowest BCUT2D eigenvalue weighted by atomic mass is 9.95. The molecule has 0 unspecified atom stereocenters. The molecule has 128 valence electrons. The molecule has 1 amide bonds. The Kier molecular flexibility index (Phi) is 6.26. The molecule has 0 spiro atoms. The van der Waals surface area contributed by atoms with E-state index in [0.717, 1.165) is 51.6 Å².